The largest absolute Gasteiger partial charge is 0.493 e. The van der Waals surface area contributed by atoms with E-state index < -0.39 is 5.54 Å². The van der Waals surface area contributed by atoms with E-state index in [1.165, 1.54) is 0 Å². The van der Waals surface area contributed by atoms with Crippen LogP contribution in [-0.4, -0.2) is 54.4 Å². The van der Waals surface area contributed by atoms with E-state index in [1.54, 1.807) is 28.9 Å². The number of nitrogens with two attached hydrogens (primary N) is 1. The number of carbonyl (C=O) groups is 2. The first kappa shape index (κ1) is 22.7. The zero-order valence-electron chi connectivity index (χ0n) is 16.8. The smallest absolute Gasteiger partial charge is 0.257 e. The Kier molecular flexibility index (Phi) is 7.65. The second-order valence-corrected chi connectivity index (χ2v) is 7.08. The summed E-state index contributed by atoms with van der Waals surface area (Å²) in [4.78, 5) is 29.4. The molecule has 2 aromatic carbocycles. The highest BCUT2D eigenvalue weighted by Crippen LogP contribution is 2.23. The third kappa shape index (κ3) is 4.89. The average molecular weight is 418 g/mol. The lowest BCUT2D eigenvalue weighted by atomic mass is 9.91. The normalized spacial score (nSPS) is 15.8. The fraction of sp³-hybridized carbons (Fsp3) is 0.364. The lowest BCUT2D eigenvalue weighted by Crippen LogP contribution is -2.57. The number of ether oxygens (including phenoxy) is 1. The van der Waals surface area contributed by atoms with Crippen LogP contribution in [0.3, 0.4) is 0 Å². The standard InChI is InChI=1S/C22H27N3O3.ClH/c1-3-28-19-12-8-7-11-18(19)20(26)24-13-15-25(16-14-24)21(27)22(2,23)17-9-5-4-6-10-17;/h4-12H,3,13-16,23H2,1-2H3;1H. The van der Waals surface area contributed by atoms with Crippen LogP contribution >= 0.6 is 12.4 Å². The van der Waals surface area contributed by atoms with Crippen LogP contribution in [0.1, 0.15) is 29.8 Å². The third-order valence-electron chi connectivity index (χ3n) is 5.09. The van der Waals surface area contributed by atoms with Crippen molar-refractivity contribution in [3.8, 4) is 5.75 Å². The summed E-state index contributed by atoms with van der Waals surface area (Å²) < 4.78 is 5.57. The predicted octanol–water partition coefficient (Wildman–Crippen LogP) is 2.67. The molecule has 0 bridgehead atoms. The van der Waals surface area contributed by atoms with Crippen molar-refractivity contribution < 1.29 is 14.3 Å². The lowest BCUT2D eigenvalue weighted by Gasteiger charge is -2.38. The maximum atomic E-state index is 13.0. The van der Waals surface area contributed by atoms with Gasteiger partial charge >= 0.3 is 0 Å². The van der Waals surface area contributed by atoms with E-state index in [2.05, 4.69) is 0 Å². The molecule has 1 saturated heterocycles. The number of amides is 2. The molecule has 0 radical (unpaired) electrons. The minimum Gasteiger partial charge on any atom is -0.493 e. The summed E-state index contributed by atoms with van der Waals surface area (Å²) in [5, 5.41) is 0. The molecule has 1 unspecified atom stereocenters. The monoisotopic (exact) mass is 417 g/mol. The predicted molar refractivity (Wildman–Crippen MR) is 115 cm³/mol. The van der Waals surface area contributed by atoms with E-state index in [0.717, 1.165) is 5.56 Å². The van der Waals surface area contributed by atoms with Crippen molar-refractivity contribution >= 4 is 24.2 Å². The molecule has 0 saturated carbocycles. The molecule has 1 fully saturated rings. The number of nitrogens with zero attached hydrogens (tertiary/aromatic N) is 2. The molecule has 29 heavy (non-hydrogen) atoms. The number of piperazine rings is 1. The molecule has 0 aromatic heterocycles. The van der Waals surface area contributed by atoms with Crippen molar-refractivity contribution in [3.63, 3.8) is 0 Å². The highest BCUT2D eigenvalue weighted by atomic mass is 35.5. The van der Waals surface area contributed by atoms with Crippen LogP contribution in [0.2, 0.25) is 0 Å². The summed E-state index contributed by atoms with van der Waals surface area (Å²) in [7, 11) is 0. The first-order chi connectivity index (χ1) is 13.4. The van der Waals surface area contributed by atoms with Crippen molar-refractivity contribution in [1.29, 1.82) is 0 Å². The lowest BCUT2D eigenvalue weighted by molar-refractivity contribution is -0.138. The van der Waals surface area contributed by atoms with Crippen molar-refractivity contribution in [2.24, 2.45) is 5.73 Å². The minimum atomic E-state index is -1.09. The van der Waals surface area contributed by atoms with Gasteiger partial charge in [-0.05, 0) is 31.5 Å². The Hall–Kier alpha value is -2.57. The van der Waals surface area contributed by atoms with E-state index in [0.29, 0.717) is 44.1 Å². The van der Waals surface area contributed by atoms with Crippen molar-refractivity contribution in [2.75, 3.05) is 32.8 Å². The van der Waals surface area contributed by atoms with Gasteiger partial charge in [0.25, 0.3) is 5.91 Å². The van der Waals surface area contributed by atoms with Gasteiger partial charge in [0.05, 0.1) is 12.2 Å². The van der Waals surface area contributed by atoms with Crippen LogP contribution in [0, 0.1) is 0 Å². The van der Waals surface area contributed by atoms with E-state index in [-0.39, 0.29) is 24.2 Å². The van der Waals surface area contributed by atoms with Crippen LogP contribution in [0.15, 0.2) is 54.6 Å². The number of carbonyl (C=O) groups excluding carboxylic acids is 2. The highest BCUT2D eigenvalue weighted by Gasteiger charge is 2.36. The summed E-state index contributed by atoms with van der Waals surface area (Å²) in [6, 6.07) is 16.6. The molecule has 3 rings (SSSR count). The third-order valence-corrected chi connectivity index (χ3v) is 5.09. The van der Waals surface area contributed by atoms with Gasteiger partial charge in [0.2, 0.25) is 5.91 Å². The van der Waals surface area contributed by atoms with Gasteiger partial charge < -0.3 is 20.3 Å². The van der Waals surface area contributed by atoms with Gasteiger partial charge in [-0.1, -0.05) is 42.5 Å². The Balaban J connectivity index is 0.00000300. The first-order valence-electron chi connectivity index (χ1n) is 9.60. The van der Waals surface area contributed by atoms with Gasteiger partial charge in [0.1, 0.15) is 11.3 Å². The molecule has 7 heteroatoms. The van der Waals surface area contributed by atoms with Crippen LogP contribution in [0.5, 0.6) is 5.75 Å². The summed E-state index contributed by atoms with van der Waals surface area (Å²) in [5.74, 6) is 0.391. The molecule has 1 aliphatic heterocycles. The Morgan fingerprint density at radius 1 is 0.966 bits per heavy atom. The van der Waals surface area contributed by atoms with Crippen molar-refractivity contribution in [3.05, 3.63) is 65.7 Å². The van der Waals surface area contributed by atoms with Gasteiger partial charge in [0, 0.05) is 26.2 Å². The first-order valence-corrected chi connectivity index (χ1v) is 9.60. The molecule has 1 atom stereocenters. The second kappa shape index (κ2) is 9.76. The Morgan fingerprint density at radius 3 is 2.14 bits per heavy atom. The zero-order chi connectivity index (χ0) is 20.1. The summed E-state index contributed by atoms with van der Waals surface area (Å²) in [6.45, 7) is 5.98. The van der Waals surface area contributed by atoms with Crippen molar-refractivity contribution in [2.45, 2.75) is 19.4 Å². The van der Waals surface area contributed by atoms with Gasteiger partial charge in [-0.3, -0.25) is 9.59 Å². The number of halogens is 1. The Morgan fingerprint density at radius 2 is 1.52 bits per heavy atom. The maximum absolute atomic E-state index is 13.0. The summed E-state index contributed by atoms with van der Waals surface area (Å²) >= 11 is 0. The number of hydrogen-bond acceptors (Lipinski definition) is 4. The number of para-hydroxylation sites is 1. The van der Waals surface area contributed by atoms with Crippen LogP contribution in [0.25, 0.3) is 0 Å². The van der Waals surface area contributed by atoms with E-state index >= 15 is 0 Å². The molecule has 0 aliphatic carbocycles. The topological polar surface area (TPSA) is 75.9 Å². The zero-order valence-corrected chi connectivity index (χ0v) is 17.7. The summed E-state index contributed by atoms with van der Waals surface area (Å²) in [5.41, 5.74) is 6.61. The SMILES string of the molecule is CCOc1ccccc1C(=O)N1CCN(C(=O)C(C)(N)c2ccccc2)CC1.Cl. The molecule has 6 nitrogen and oxygen atoms in total. The molecule has 156 valence electrons. The van der Waals surface area contributed by atoms with Crippen LogP contribution < -0.4 is 10.5 Å². The minimum absolute atomic E-state index is 0. The number of hydrogen-bond donors (Lipinski definition) is 1. The van der Waals surface area contributed by atoms with Gasteiger partial charge in [-0.25, -0.2) is 0 Å². The molecular formula is C22H28ClN3O3. The molecule has 1 heterocycles. The van der Waals surface area contributed by atoms with E-state index in [9.17, 15) is 9.59 Å². The second-order valence-electron chi connectivity index (χ2n) is 7.08. The fourth-order valence-electron chi connectivity index (χ4n) is 3.44. The molecule has 2 N–H and O–H groups in total. The Bertz CT molecular complexity index is 834. The molecule has 2 amide bonds. The number of benzene rings is 2. The summed E-state index contributed by atoms with van der Waals surface area (Å²) in [6.07, 6.45) is 0. The molecule has 0 spiro atoms. The van der Waals surface area contributed by atoms with Gasteiger partial charge in [-0.2, -0.15) is 0 Å². The quantitative estimate of drug-likeness (QED) is 0.811. The van der Waals surface area contributed by atoms with E-state index in [1.807, 2.05) is 49.4 Å². The molecule has 1 aliphatic rings. The van der Waals surface area contributed by atoms with Crippen molar-refractivity contribution in [1.82, 2.24) is 9.80 Å². The van der Waals surface area contributed by atoms with E-state index in [4.69, 9.17) is 10.5 Å². The number of rotatable bonds is 5. The van der Waals surface area contributed by atoms with Gasteiger partial charge in [-0.15, -0.1) is 12.4 Å². The average Bonchev–Trinajstić information content (AvgIpc) is 2.74. The van der Waals surface area contributed by atoms with Crippen LogP contribution in [-0.2, 0) is 10.3 Å². The molecule has 2 aromatic rings. The Labute approximate surface area is 178 Å². The maximum Gasteiger partial charge on any atom is 0.257 e. The van der Waals surface area contributed by atoms with Crippen LogP contribution in [0.4, 0.5) is 0 Å². The fourth-order valence-corrected chi connectivity index (χ4v) is 3.44. The van der Waals surface area contributed by atoms with Gasteiger partial charge in [0.15, 0.2) is 0 Å². The molecular weight excluding hydrogens is 390 g/mol. The highest BCUT2D eigenvalue weighted by molar-refractivity contribution is 5.97.